The van der Waals surface area contributed by atoms with E-state index in [1.165, 1.54) is 0 Å². The van der Waals surface area contributed by atoms with Gasteiger partial charge in [0.1, 0.15) is 11.5 Å². The molecule has 0 aliphatic heterocycles. The highest BCUT2D eigenvalue weighted by Gasteiger charge is 2.19. The average molecular weight is 288 g/mol. The van der Waals surface area contributed by atoms with Crippen molar-refractivity contribution < 1.29 is 9.84 Å². The maximum absolute atomic E-state index is 10.0. The molecular formula is C12H18BrNO2. The van der Waals surface area contributed by atoms with E-state index in [1.807, 2.05) is 26.8 Å². The molecule has 0 aliphatic rings. The van der Waals surface area contributed by atoms with E-state index in [-0.39, 0.29) is 11.3 Å². The van der Waals surface area contributed by atoms with Crippen molar-refractivity contribution in [2.24, 2.45) is 5.73 Å². The molecular weight excluding hydrogens is 270 g/mol. The molecule has 3 N–H and O–H groups in total. The lowest BCUT2D eigenvalue weighted by Gasteiger charge is -2.21. The second kappa shape index (κ2) is 4.63. The Bertz CT molecular complexity index is 397. The Morgan fingerprint density at radius 3 is 2.50 bits per heavy atom. The lowest BCUT2D eigenvalue weighted by Crippen LogP contribution is -2.34. The van der Waals surface area contributed by atoms with Crippen molar-refractivity contribution in [1.82, 2.24) is 0 Å². The molecule has 0 bridgehead atoms. The standard InChI is InChI=1S/C12H18BrNO2/c1-7-10(15)8(6-12(2,3)14)5-9(13)11(7)16-4/h5,15H,6,14H2,1-4H3. The van der Waals surface area contributed by atoms with Crippen molar-refractivity contribution in [1.29, 1.82) is 0 Å². The molecule has 0 heterocycles. The van der Waals surface area contributed by atoms with Crippen LogP contribution in [0, 0.1) is 6.92 Å². The second-order valence-corrected chi connectivity index (χ2v) is 5.54. The average Bonchev–Trinajstić information content (AvgIpc) is 2.12. The third-order valence-corrected chi connectivity index (χ3v) is 2.96. The van der Waals surface area contributed by atoms with Crippen molar-refractivity contribution in [3.63, 3.8) is 0 Å². The number of benzene rings is 1. The zero-order chi connectivity index (χ0) is 12.5. The largest absolute Gasteiger partial charge is 0.507 e. The zero-order valence-electron chi connectivity index (χ0n) is 10.1. The Morgan fingerprint density at radius 2 is 2.06 bits per heavy atom. The van der Waals surface area contributed by atoms with Crippen LogP contribution in [-0.4, -0.2) is 17.8 Å². The molecule has 1 rings (SSSR count). The summed E-state index contributed by atoms with van der Waals surface area (Å²) < 4.78 is 6.04. The van der Waals surface area contributed by atoms with Gasteiger partial charge in [0, 0.05) is 11.1 Å². The molecule has 1 aromatic carbocycles. The summed E-state index contributed by atoms with van der Waals surface area (Å²) in [5.74, 6) is 0.926. The predicted molar refractivity (Wildman–Crippen MR) is 69.1 cm³/mol. The van der Waals surface area contributed by atoms with Crippen LogP contribution in [0.1, 0.15) is 25.0 Å². The fourth-order valence-corrected chi connectivity index (χ4v) is 2.43. The molecule has 16 heavy (non-hydrogen) atoms. The molecule has 0 aromatic heterocycles. The van der Waals surface area contributed by atoms with Gasteiger partial charge in [-0.3, -0.25) is 0 Å². The molecule has 4 heteroatoms. The number of phenols is 1. The van der Waals surface area contributed by atoms with Gasteiger partial charge in [0.25, 0.3) is 0 Å². The van der Waals surface area contributed by atoms with Gasteiger partial charge in [-0.15, -0.1) is 0 Å². The van der Waals surface area contributed by atoms with E-state index in [1.54, 1.807) is 7.11 Å². The number of phenolic OH excluding ortho intramolecular Hbond substituents is 1. The number of aromatic hydroxyl groups is 1. The Balaban J connectivity index is 3.23. The van der Waals surface area contributed by atoms with E-state index in [2.05, 4.69) is 15.9 Å². The van der Waals surface area contributed by atoms with Gasteiger partial charge in [-0.25, -0.2) is 0 Å². The summed E-state index contributed by atoms with van der Waals surface area (Å²) in [5, 5.41) is 10.0. The number of nitrogens with two attached hydrogens (primary N) is 1. The summed E-state index contributed by atoms with van der Waals surface area (Å²) in [4.78, 5) is 0. The van der Waals surface area contributed by atoms with Crippen LogP contribution in [0.25, 0.3) is 0 Å². The van der Waals surface area contributed by atoms with E-state index in [9.17, 15) is 5.11 Å². The molecule has 0 radical (unpaired) electrons. The Kier molecular flexibility index (Phi) is 3.86. The van der Waals surface area contributed by atoms with Gasteiger partial charge in [-0.1, -0.05) is 0 Å². The fraction of sp³-hybridized carbons (Fsp3) is 0.500. The van der Waals surface area contributed by atoms with Crippen LogP contribution in [0.2, 0.25) is 0 Å². The Hall–Kier alpha value is -0.740. The SMILES string of the molecule is COc1c(Br)cc(CC(C)(C)N)c(O)c1C. The summed E-state index contributed by atoms with van der Waals surface area (Å²) in [6, 6.07) is 1.86. The Labute approximate surface area is 105 Å². The lowest BCUT2D eigenvalue weighted by molar-refractivity contribution is 0.396. The molecule has 0 spiro atoms. The van der Waals surface area contributed by atoms with Gasteiger partial charge < -0.3 is 15.6 Å². The molecule has 0 aliphatic carbocycles. The monoisotopic (exact) mass is 287 g/mol. The molecule has 1 aromatic rings. The maximum Gasteiger partial charge on any atom is 0.139 e. The number of ether oxygens (including phenoxy) is 1. The van der Waals surface area contributed by atoms with Crippen LogP contribution in [0.3, 0.4) is 0 Å². The summed E-state index contributed by atoms with van der Waals surface area (Å²) in [6.45, 7) is 5.69. The lowest BCUT2D eigenvalue weighted by atomic mass is 9.94. The van der Waals surface area contributed by atoms with Gasteiger partial charge in [0.2, 0.25) is 0 Å². The van der Waals surface area contributed by atoms with Crippen LogP contribution < -0.4 is 10.5 Å². The van der Waals surface area contributed by atoms with E-state index in [0.717, 1.165) is 15.6 Å². The minimum atomic E-state index is -0.349. The zero-order valence-corrected chi connectivity index (χ0v) is 11.7. The summed E-state index contributed by atoms with van der Waals surface area (Å²) >= 11 is 3.42. The van der Waals surface area contributed by atoms with Crippen LogP contribution in [0.15, 0.2) is 10.5 Å². The molecule has 0 fully saturated rings. The van der Waals surface area contributed by atoms with Gasteiger partial charge in [0.15, 0.2) is 0 Å². The first kappa shape index (κ1) is 13.3. The summed E-state index contributed by atoms with van der Waals surface area (Å²) in [6.07, 6.45) is 0.613. The molecule has 0 unspecified atom stereocenters. The fourth-order valence-electron chi connectivity index (χ4n) is 1.69. The van der Waals surface area contributed by atoms with Gasteiger partial charge in [-0.2, -0.15) is 0 Å². The third kappa shape index (κ3) is 2.89. The van der Waals surface area contributed by atoms with Crippen molar-refractivity contribution in [3.8, 4) is 11.5 Å². The molecule has 90 valence electrons. The molecule has 3 nitrogen and oxygen atoms in total. The highest BCUT2D eigenvalue weighted by molar-refractivity contribution is 9.10. The van der Waals surface area contributed by atoms with Crippen molar-refractivity contribution >= 4 is 15.9 Å². The second-order valence-electron chi connectivity index (χ2n) is 4.69. The van der Waals surface area contributed by atoms with Crippen LogP contribution in [0.5, 0.6) is 11.5 Å². The maximum atomic E-state index is 10.0. The normalized spacial score (nSPS) is 11.6. The summed E-state index contributed by atoms with van der Waals surface area (Å²) in [5.41, 5.74) is 7.16. The van der Waals surface area contributed by atoms with Gasteiger partial charge >= 0.3 is 0 Å². The minimum Gasteiger partial charge on any atom is -0.507 e. The highest BCUT2D eigenvalue weighted by atomic mass is 79.9. The van der Waals surface area contributed by atoms with Crippen LogP contribution in [0.4, 0.5) is 0 Å². The minimum absolute atomic E-state index is 0.263. The molecule has 0 saturated carbocycles. The van der Waals surface area contributed by atoms with E-state index >= 15 is 0 Å². The third-order valence-electron chi connectivity index (χ3n) is 2.37. The first-order valence-corrected chi connectivity index (χ1v) is 5.89. The van der Waals surface area contributed by atoms with Crippen molar-refractivity contribution in [2.45, 2.75) is 32.7 Å². The highest BCUT2D eigenvalue weighted by Crippen LogP contribution is 2.38. The number of rotatable bonds is 3. The van der Waals surface area contributed by atoms with E-state index in [4.69, 9.17) is 10.5 Å². The first-order chi connectivity index (χ1) is 7.26. The predicted octanol–water partition coefficient (Wildman–Crippen LogP) is 2.75. The molecule has 0 saturated heterocycles. The van der Waals surface area contributed by atoms with Crippen LogP contribution in [-0.2, 0) is 6.42 Å². The number of halogens is 1. The van der Waals surface area contributed by atoms with Gasteiger partial charge in [-0.05, 0) is 54.8 Å². The van der Waals surface area contributed by atoms with Crippen LogP contribution >= 0.6 is 15.9 Å². The van der Waals surface area contributed by atoms with E-state index < -0.39 is 0 Å². The quantitative estimate of drug-likeness (QED) is 0.899. The Morgan fingerprint density at radius 1 is 1.50 bits per heavy atom. The smallest absolute Gasteiger partial charge is 0.139 e. The van der Waals surface area contributed by atoms with E-state index in [0.29, 0.717) is 12.2 Å². The molecule has 0 atom stereocenters. The number of hydrogen-bond acceptors (Lipinski definition) is 3. The van der Waals surface area contributed by atoms with Gasteiger partial charge in [0.05, 0.1) is 11.6 Å². The van der Waals surface area contributed by atoms with Crippen molar-refractivity contribution in [2.75, 3.05) is 7.11 Å². The first-order valence-electron chi connectivity index (χ1n) is 5.10. The number of methoxy groups -OCH3 is 1. The molecule has 0 amide bonds. The van der Waals surface area contributed by atoms with Crippen molar-refractivity contribution in [3.05, 3.63) is 21.7 Å². The summed E-state index contributed by atoms with van der Waals surface area (Å²) in [7, 11) is 1.58. The number of hydrogen-bond donors (Lipinski definition) is 2. The topological polar surface area (TPSA) is 55.5 Å².